The first-order valence-corrected chi connectivity index (χ1v) is 8.66. The van der Waals surface area contributed by atoms with Crippen molar-refractivity contribution in [3.63, 3.8) is 0 Å². The van der Waals surface area contributed by atoms with Gasteiger partial charge in [0.2, 0.25) is 0 Å². The predicted molar refractivity (Wildman–Crippen MR) is 101 cm³/mol. The summed E-state index contributed by atoms with van der Waals surface area (Å²) in [7, 11) is 0. The number of aryl methyl sites for hydroxylation is 1. The molecule has 0 fully saturated rings. The van der Waals surface area contributed by atoms with Crippen LogP contribution in [0.25, 0.3) is 5.57 Å². The van der Waals surface area contributed by atoms with Crippen LogP contribution in [0.1, 0.15) is 17.5 Å². The molecule has 0 saturated heterocycles. The smallest absolute Gasteiger partial charge is 0.293 e. The summed E-state index contributed by atoms with van der Waals surface area (Å²) in [6, 6.07) is 15.1. The molecule has 26 heavy (non-hydrogen) atoms. The minimum atomic E-state index is -0.467. The van der Waals surface area contributed by atoms with E-state index in [0.29, 0.717) is 6.54 Å². The summed E-state index contributed by atoms with van der Waals surface area (Å²) in [5.74, 6) is -0.205. The fourth-order valence-electron chi connectivity index (χ4n) is 3.18. The van der Waals surface area contributed by atoms with E-state index < -0.39 is 4.92 Å². The molecule has 6 nitrogen and oxygen atoms in total. The Hall–Kier alpha value is -2.99. The van der Waals surface area contributed by atoms with Crippen LogP contribution < -0.4 is 10.2 Å². The quantitative estimate of drug-likeness (QED) is 0.640. The van der Waals surface area contributed by atoms with Gasteiger partial charge in [-0.05, 0) is 35.8 Å². The maximum Gasteiger partial charge on any atom is 0.293 e. The van der Waals surface area contributed by atoms with Crippen molar-refractivity contribution in [1.82, 2.24) is 0 Å². The van der Waals surface area contributed by atoms with Crippen molar-refractivity contribution in [2.24, 2.45) is 0 Å². The van der Waals surface area contributed by atoms with Gasteiger partial charge >= 0.3 is 0 Å². The molecule has 2 aromatic carbocycles. The third-order valence-electron chi connectivity index (χ3n) is 4.56. The molecule has 0 spiro atoms. The minimum Gasteiger partial charge on any atom is -0.324 e. The van der Waals surface area contributed by atoms with Gasteiger partial charge in [0.05, 0.1) is 18.0 Å². The number of quaternary nitrogens is 1. The van der Waals surface area contributed by atoms with Crippen LogP contribution in [0.3, 0.4) is 0 Å². The Morgan fingerprint density at radius 3 is 2.65 bits per heavy atom. The number of rotatable bonds is 5. The number of nitro groups is 1. The molecule has 0 radical (unpaired) electrons. The maximum absolute atomic E-state index is 12.3. The van der Waals surface area contributed by atoms with Gasteiger partial charge in [-0.25, -0.2) is 0 Å². The van der Waals surface area contributed by atoms with Crippen molar-refractivity contribution >= 4 is 22.9 Å². The van der Waals surface area contributed by atoms with E-state index in [4.69, 9.17) is 0 Å². The van der Waals surface area contributed by atoms with Gasteiger partial charge < -0.3 is 10.2 Å². The number of hydrogen-bond donors (Lipinski definition) is 2. The molecule has 2 N–H and O–H groups in total. The highest BCUT2D eigenvalue weighted by atomic mass is 16.6. The molecule has 0 bridgehead atoms. The van der Waals surface area contributed by atoms with Gasteiger partial charge in [-0.15, -0.1) is 0 Å². The number of nitrogens with one attached hydrogen (secondary N) is 2. The normalized spacial score (nSPS) is 16.7. The van der Waals surface area contributed by atoms with Crippen LogP contribution in [-0.2, 0) is 4.79 Å². The Morgan fingerprint density at radius 2 is 2.00 bits per heavy atom. The number of carbonyl (C=O) groups is 1. The molecular weight excluding hydrogens is 330 g/mol. The number of nitro benzene ring substituents is 1. The van der Waals surface area contributed by atoms with Crippen LogP contribution in [0.5, 0.6) is 0 Å². The van der Waals surface area contributed by atoms with E-state index in [9.17, 15) is 14.9 Å². The van der Waals surface area contributed by atoms with Gasteiger partial charge in [0.25, 0.3) is 11.6 Å². The average molecular weight is 352 g/mol. The molecule has 1 atom stereocenters. The molecule has 134 valence electrons. The van der Waals surface area contributed by atoms with Crippen molar-refractivity contribution in [2.45, 2.75) is 13.3 Å². The fraction of sp³-hybridized carbons (Fsp3) is 0.250. The molecule has 1 unspecified atom stereocenters. The topological polar surface area (TPSA) is 76.7 Å². The van der Waals surface area contributed by atoms with Crippen molar-refractivity contribution in [1.29, 1.82) is 0 Å². The van der Waals surface area contributed by atoms with Crippen LogP contribution in [-0.4, -0.2) is 30.5 Å². The zero-order chi connectivity index (χ0) is 18.5. The SMILES string of the molecule is Cc1ccc(NC(=O)C[NH+]2CC=C(c3ccccc3)CC2)c([N+](=O)[O-])c1. The van der Waals surface area contributed by atoms with Crippen molar-refractivity contribution in [2.75, 3.05) is 25.0 Å². The molecule has 3 rings (SSSR count). The Labute approximate surface area is 152 Å². The van der Waals surface area contributed by atoms with E-state index in [1.807, 2.05) is 18.2 Å². The monoisotopic (exact) mass is 352 g/mol. The molecule has 1 aliphatic heterocycles. The number of hydrogen-bond acceptors (Lipinski definition) is 3. The molecule has 0 aromatic heterocycles. The molecule has 1 amide bonds. The first kappa shape index (κ1) is 17.8. The number of nitrogens with zero attached hydrogens (tertiary/aromatic N) is 1. The summed E-state index contributed by atoms with van der Waals surface area (Å²) in [5, 5.41) is 13.8. The van der Waals surface area contributed by atoms with Crippen LogP contribution in [0.15, 0.2) is 54.6 Å². The van der Waals surface area contributed by atoms with Gasteiger partial charge in [0, 0.05) is 12.5 Å². The molecule has 0 saturated carbocycles. The Kier molecular flexibility index (Phi) is 5.43. The minimum absolute atomic E-state index is 0.0711. The van der Waals surface area contributed by atoms with Gasteiger partial charge in [0.1, 0.15) is 5.69 Å². The number of benzene rings is 2. The Morgan fingerprint density at radius 1 is 1.23 bits per heavy atom. The third kappa shape index (κ3) is 4.34. The van der Waals surface area contributed by atoms with E-state index in [-0.39, 0.29) is 17.3 Å². The highest BCUT2D eigenvalue weighted by molar-refractivity contribution is 5.93. The Balaban J connectivity index is 1.60. The average Bonchev–Trinajstić information content (AvgIpc) is 2.64. The van der Waals surface area contributed by atoms with Crippen LogP contribution in [0.4, 0.5) is 11.4 Å². The van der Waals surface area contributed by atoms with Gasteiger partial charge in [-0.1, -0.05) is 36.4 Å². The van der Waals surface area contributed by atoms with E-state index in [2.05, 4.69) is 23.5 Å². The lowest BCUT2D eigenvalue weighted by Gasteiger charge is -2.23. The second-order valence-corrected chi connectivity index (χ2v) is 6.55. The number of carbonyl (C=O) groups excluding carboxylic acids is 1. The summed E-state index contributed by atoms with van der Waals surface area (Å²) in [6.45, 7) is 3.72. The lowest BCUT2D eigenvalue weighted by molar-refractivity contribution is -0.886. The molecule has 1 heterocycles. The number of amides is 1. The number of anilines is 1. The van der Waals surface area contributed by atoms with E-state index in [0.717, 1.165) is 30.0 Å². The highest BCUT2D eigenvalue weighted by Crippen LogP contribution is 2.25. The maximum atomic E-state index is 12.3. The first-order valence-electron chi connectivity index (χ1n) is 8.66. The highest BCUT2D eigenvalue weighted by Gasteiger charge is 2.21. The lowest BCUT2D eigenvalue weighted by Crippen LogP contribution is -3.13. The molecule has 1 aliphatic rings. The van der Waals surface area contributed by atoms with Crippen LogP contribution in [0, 0.1) is 17.0 Å². The largest absolute Gasteiger partial charge is 0.324 e. The standard InChI is InChI=1S/C20H21N3O3/c1-15-7-8-18(19(13-15)23(25)26)21-20(24)14-22-11-9-17(10-12-22)16-5-3-2-4-6-16/h2-9,13H,10-12,14H2,1H3,(H,21,24)/p+1. The summed E-state index contributed by atoms with van der Waals surface area (Å²) in [5.41, 5.74) is 3.51. The van der Waals surface area contributed by atoms with Crippen molar-refractivity contribution in [3.8, 4) is 0 Å². The summed E-state index contributed by atoms with van der Waals surface area (Å²) in [6.07, 6.45) is 3.09. The fourth-order valence-corrected chi connectivity index (χ4v) is 3.18. The lowest BCUT2D eigenvalue weighted by atomic mass is 10.00. The van der Waals surface area contributed by atoms with E-state index in [1.54, 1.807) is 19.1 Å². The van der Waals surface area contributed by atoms with Gasteiger partial charge in [0.15, 0.2) is 6.54 Å². The molecular formula is C20H22N3O3+. The molecule has 2 aromatic rings. The Bertz CT molecular complexity index is 847. The van der Waals surface area contributed by atoms with Crippen LogP contribution >= 0.6 is 0 Å². The van der Waals surface area contributed by atoms with Crippen molar-refractivity contribution in [3.05, 3.63) is 75.8 Å². The summed E-state index contributed by atoms with van der Waals surface area (Å²) >= 11 is 0. The van der Waals surface area contributed by atoms with Gasteiger partial charge in [-0.2, -0.15) is 0 Å². The van der Waals surface area contributed by atoms with Gasteiger partial charge in [-0.3, -0.25) is 14.9 Å². The zero-order valence-corrected chi connectivity index (χ0v) is 14.7. The van der Waals surface area contributed by atoms with Crippen LogP contribution in [0.2, 0.25) is 0 Å². The second-order valence-electron chi connectivity index (χ2n) is 6.55. The second kappa shape index (κ2) is 7.93. The predicted octanol–water partition coefficient (Wildman–Crippen LogP) is 2.21. The summed E-state index contributed by atoms with van der Waals surface area (Å²) in [4.78, 5) is 24.2. The molecule has 0 aliphatic carbocycles. The van der Waals surface area contributed by atoms with E-state index >= 15 is 0 Å². The third-order valence-corrected chi connectivity index (χ3v) is 4.56. The molecule has 6 heteroatoms. The van der Waals surface area contributed by atoms with E-state index in [1.165, 1.54) is 17.2 Å². The zero-order valence-electron chi connectivity index (χ0n) is 14.7. The summed E-state index contributed by atoms with van der Waals surface area (Å²) < 4.78 is 0. The first-order chi connectivity index (χ1) is 12.5. The van der Waals surface area contributed by atoms with Crippen molar-refractivity contribution < 1.29 is 14.6 Å².